The van der Waals surface area contributed by atoms with Gasteiger partial charge in [0.2, 0.25) is 0 Å². The number of hydrogen-bond acceptors (Lipinski definition) is 5. The molecule has 0 radical (unpaired) electrons. The zero-order valence-corrected chi connectivity index (χ0v) is 12.9. The first-order valence-electron chi connectivity index (χ1n) is 6.94. The highest BCUT2D eigenvalue weighted by atomic mass is 32.1. The number of esters is 1. The number of hydrogen-bond donors (Lipinski definition) is 0. The minimum atomic E-state index is -0.423. The Hall–Kier alpha value is -2.97. The summed E-state index contributed by atoms with van der Waals surface area (Å²) in [4.78, 5) is 16.2. The maximum atomic E-state index is 11.7. The SMILES string of the molecule is N#Cc1ccc(/C=C/C(=O)OCc2nc3ccccc3s2)cc1. The highest BCUT2D eigenvalue weighted by Gasteiger charge is 2.05. The van der Waals surface area contributed by atoms with Gasteiger partial charge >= 0.3 is 5.97 Å². The number of thiazole rings is 1. The van der Waals surface area contributed by atoms with E-state index in [1.807, 2.05) is 30.3 Å². The molecule has 3 rings (SSSR count). The highest BCUT2D eigenvalue weighted by Crippen LogP contribution is 2.22. The van der Waals surface area contributed by atoms with Crippen LogP contribution in [-0.4, -0.2) is 11.0 Å². The number of nitrogens with zero attached hydrogens (tertiary/aromatic N) is 2. The predicted molar refractivity (Wildman–Crippen MR) is 89.6 cm³/mol. The first-order chi connectivity index (χ1) is 11.2. The molecule has 4 nitrogen and oxygen atoms in total. The van der Waals surface area contributed by atoms with Crippen LogP contribution in [0.25, 0.3) is 16.3 Å². The van der Waals surface area contributed by atoms with Gasteiger partial charge in [-0.3, -0.25) is 0 Å². The number of nitriles is 1. The summed E-state index contributed by atoms with van der Waals surface area (Å²) in [6.07, 6.45) is 3.02. The number of para-hydroxylation sites is 1. The van der Waals surface area contributed by atoms with Gasteiger partial charge in [0.05, 0.1) is 21.8 Å². The van der Waals surface area contributed by atoms with Gasteiger partial charge in [0, 0.05) is 6.08 Å². The zero-order valence-electron chi connectivity index (χ0n) is 12.1. The summed E-state index contributed by atoms with van der Waals surface area (Å²) < 4.78 is 6.27. The molecule has 0 N–H and O–H groups in total. The third-order valence-corrected chi connectivity index (χ3v) is 4.14. The predicted octanol–water partition coefficient (Wildman–Crippen LogP) is 3.92. The van der Waals surface area contributed by atoms with E-state index in [1.165, 1.54) is 17.4 Å². The van der Waals surface area contributed by atoms with Gasteiger partial charge in [-0.25, -0.2) is 9.78 Å². The van der Waals surface area contributed by atoms with Crippen molar-refractivity contribution in [3.63, 3.8) is 0 Å². The van der Waals surface area contributed by atoms with E-state index in [9.17, 15) is 4.79 Å². The third-order valence-electron chi connectivity index (χ3n) is 3.13. The van der Waals surface area contributed by atoms with Crippen LogP contribution in [0.1, 0.15) is 16.1 Å². The molecular weight excluding hydrogens is 308 g/mol. The van der Waals surface area contributed by atoms with Crippen molar-refractivity contribution in [2.75, 3.05) is 0 Å². The lowest BCUT2D eigenvalue weighted by molar-refractivity contribution is -0.138. The third kappa shape index (κ3) is 3.82. The maximum Gasteiger partial charge on any atom is 0.331 e. The van der Waals surface area contributed by atoms with E-state index in [0.717, 1.165) is 20.8 Å². The normalized spacial score (nSPS) is 10.7. The highest BCUT2D eigenvalue weighted by molar-refractivity contribution is 7.18. The Labute approximate surface area is 137 Å². The van der Waals surface area contributed by atoms with Crippen LogP contribution in [0.3, 0.4) is 0 Å². The Morgan fingerprint density at radius 1 is 1.22 bits per heavy atom. The molecule has 0 aliphatic carbocycles. The average molecular weight is 320 g/mol. The Morgan fingerprint density at radius 2 is 2.00 bits per heavy atom. The standard InChI is InChI=1S/C18H12N2O2S/c19-11-14-7-5-13(6-8-14)9-10-18(21)22-12-17-20-15-3-1-2-4-16(15)23-17/h1-10H,12H2/b10-9+. The number of rotatable bonds is 4. The molecule has 2 aromatic carbocycles. The van der Waals surface area contributed by atoms with Gasteiger partial charge < -0.3 is 4.74 Å². The van der Waals surface area contributed by atoms with Crippen molar-refractivity contribution >= 4 is 33.6 Å². The number of aromatic nitrogens is 1. The van der Waals surface area contributed by atoms with Crippen LogP contribution in [-0.2, 0) is 16.1 Å². The lowest BCUT2D eigenvalue weighted by Crippen LogP contribution is -2.00. The Kier molecular flexibility index (Phi) is 4.46. The molecule has 0 spiro atoms. The molecule has 1 heterocycles. The van der Waals surface area contributed by atoms with Crippen LogP contribution in [0.15, 0.2) is 54.6 Å². The number of carbonyl (C=O) groups excluding carboxylic acids is 1. The van der Waals surface area contributed by atoms with Crippen LogP contribution in [0, 0.1) is 11.3 Å². The molecule has 0 atom stereocenters. The molecule has 0 aliphatic heterocycles. The van der Waals surface area contributed by atoms with Crippen molar-refractivity contribution in [1.82, 2.24) is 4.98 Å². The molecule has 0 unspecified atom stereocenters. The monoisotopic (exact) mass is 320 g/mol. The molecular formula is C18H12N2O2S. The van der Waals surface area contributed by atoms with E-state index in [0.29, 0.717) is 5.56 Å². The minimum Gasteiger partial charge on any atom is -0.455 e. The molecule has 1 aromatic heterocycles. The largest absolute Gasteiger partial charge is 0.455 e. The number of carbonyl (C=O) groups is 1. The van der Waals surface area contributed by atoms with Crippen LogP contribution < -0.4 is 0 Å². The lowest BCUT2D eigenvalue weighted by atomic mass is 10.1. The van der Waals surface area contributed by atoms with Crippen molar-refractivity contribution in [2.24, 2.45) is 0 Å². The van der Waals surface area contributed by atoms with Gasteiger partial charge in [0.25, 0.3) is 0 Å². The fourth-order valence-electron chi connectivity index (χ4n) is 2.00. The molecule has 5 heteroatoms. The van der Waals surface area contributed by atoms with Crippen molar-refractivity contribution in [1.29, 1.82) is 5.26 Å². The van der Waals surface area contributed by atoms with Crippen molar-refractivity contribution in [3.05, 3.63) is 70.7 Å². The molecule has 0 amide bonds. The Morgan fingerprint density at radius 3 is 2.74 bits per heavy atom. The molecule has 0 bridgehead atoms. The summed E-state index contributed by atoms with van der Waals surface area (Å²) in [5.41, 5.74) is 2.33. The molecule has 112 valence electrons. The van der Waals surface area contributed by atoms with Gasteiger partial charge in [-0.1, -0.05) is 24.3 Å². The number of fused-ring (bicyclic) bond motifs is 1. The van der Waals surface area contributed by atoms with Gasteiger partial charge in [0.1, 0.15) is 11.6 Å². The topological polar surface area (TPSA) is 63.0 Å². The quantitative estimate of drug-likeness (QED) is 0.540. The van der Waals surface area contributed by atoms with Crippen molar-refractivity contribution in [2.45, 2.75) is 6.61 Å². The summed E-state index contributed by atoms with van der Waals surface area (Å²) in [6, 6.07) is 16.8. The number of benzene rings is 2. The molecule has 23 heavy (non-hydrogen) atoms. The fraction of sp³-hybridized carbons (Fsp3) is 0.0556. The molecule has 0 saturated carbocycles. The summed E-state index contributed by atoms with van der Waals surface area (Å²) in [5.74, 6) is -0.423. The van der Waals surface area contributed by atoms with Gasteiger partial charge in [-0.2, -0.15) is 5.26 Å². The maximum absolute atomic E-state index is 11.7. The van der Waals surface area contributed by atoms with Crippen LogP contribution >= 0.6 is 11.3 Å². The van der Waals surface area contributed by atoms with Crippen LogP contribution in [0.4, 0.5) is 0 Å². The smallest absolute Gasteiger partial charge is 0.331 e. The molecule has 0 saturated heterocycles. The van der Waals surface area contributed by atoms with Gasteiger partial charge in [-0.15, -0.1) is 11.3 Å². The van der Waals surface area contributed by atoms with E-state index in [4.69, 9.17) is 10.00 Å². The zero-order chi connectivity index (χ0) is 16.1. The van der Waals surface area contributed by atoms with Gasteiger partial charge in [-0.05, 0) is 35.9 Å². The minimum absolute atomic E-state index is 0.163. The second-order valence-corrected chi connectivity index (χ2v) is 5.87. The van der Waals surface area contributed by atoms with Crippen LogP contribution in [0.2, 0.25) is 0 Å². The van der Waals surface area contributed by atoms with E-state index >= 15 is 0 Å². The average Bonchev–Trinajstić information content (AvgIpc) is 3.01. The molecule has 0 fully saturated rings. The van der Waals surface area contributed by atoms with E-state index in [2.05, 4.69) is 4.98 Å². The van der Waals surface area contributed by atoms with E-state index < -0.39 is 5.97 Å². The van der Waals surface area contributed by atoms with E-state index in [-0.39, 0.29) is 6.61 Å². The lowest BCUT2D eigenvalue weighted by Gasteiger charge is -1.98. The second-order valence-electron chi connectivity index (χ2n) is 4.75. The first-order valence-corrected chi connectivity index (χ1v) is 7.76. The summed E-state index contributed by atoms with van der Waals surface area (Å²) in [7, 11) is 0. The first kappa shape index (κ1) is 14.9. The second kappa shape index (κ2) is 6.86. The summed E-state index contributed by atoms with van der Waals surface area (Å²) >= 11 is 1.51. The van der Waals surface area contributed by atoms with Gasteiger partial charge in [0.15, 0.2) is 0 Å². The fourth-order valence-corrected chi connectivity index (χ4v) is 2.88. The van der Waals surface area contributed by atoms with Crippen molar-refractivity contribution < 1.29 is 9.53 Å². The Bertz CT molecular complexity index is 872. The Balaban J connectivity index is 1.58. The molecule has 0 aliphatic rings. The van der Waals surface area contributed by atoms with Crippen LogP contribution in [0.5, 0.6) is 0 Å². The van der Waals surface area contributed by atoms with E-state index in [1.54, 1.807) is 30.3 Å². The van der Waals surface area contributed by atoms with Crippen molar-refractivity contribution in [3.8, 4) is 6.07 Å². The summed E-state index contributed by atoms with van der Waals surface area (Å²) in [6.45, 7) is 0.163. The molecule has 3 aromatic rings. The summed E-state index contributed by atoms with van der Waals surface area (Å²) in [5, 5.41) is 9.50. The number of ether oxygens (including phenoxy) is 1.